The van der Waals surface area contributed by atoms with Gasteiger partial charge in [-0.3, -0.25) is 4.79 Å². The number of fused-ring (bicyclic) bond motifs is 1. The summed E-state index contributed by atoms with van der Waals surface area (Å²) in [7, 11) is 0. The van der Waals surface area contributed by atoms with Gasteiger partial charge in [-0.2, -0.15) is 18.3 Å². The van der Waals surface area contributed by atoms with Crippen molar-refractivity contribution in [2.24, 2.45) is 0 Å². The molecule has 43 heavy (non-hydrogen) atoms. The Labute approximate surface area is 247 Å². The summed E-state index contributed by atoms with van der Waals surface area (Å²) in [6, 6.07) is 3.63. The zero-order valence-corrected chi connectivity index (χ0v) is 24.7. The van der Waals surface area contributed by atoms with Crippen molar-refractivity contribution in [3.05, 3.63) is 59.3 Å². The lowest BCUT2D eigenvalue weighted by molar-refractivity contribution is -0.140. The van der Waals surface area contributed by atoms with Gasteiger partial charge >= 0.3 is 12.3 Å². The van der Waals surface area contributed by atoms with E-state index >= 15 is 0 Å². The number of carbonyl (C=O) groups is 2. The lowest BCUT2D eigenvalue weighted by atomic mass is 9.78. The minimum atomic E-state index is -4.86. The van der Waals surface area contributed by atoms with E-state index in [0.29, 0.717) is 49.9 Å². The van der Waals surface area contributed by atoms with Gasteiger partial charge in [0, 0.05) is 36.9 Å². The average molecular weight is 605 g/mol. The van der Waals surface area contributed by atoms with E-state index in [9.17, 15) is 27.2 Å². The van der Waals surface area contributed by atoms with E-state index in [1.807, 2.05) is 25.7 Å². The Morgan fingerprint density at radius 2 is 1.79 bits per heavy atom. The highest BCUT2D eigenvalue weighted by atomic mass is 19.4. The molecule has 0 unspecified atom stereocenters. The Balaban J connectivity index is 1.36. The fourth-order valence-corrected chi connectivity index (χ4v) is 6.11. The first-order chi connectivity index (χ1) is 20.2. The predicted octanol–water partition coefficient (Wildman–Crippen LogP) is 6.14. The first-order valence-corrected chi connectivity index (χ1v) is 14.4. The molecule has 0 aliphatic carbocycles. The topological polar surface area (TPSA) is 92.1 Å². The molecule has 1 spiro atoms. The zero-order valence-electron chi connectivity index (χ0n) is 24.7. The van der Waals surface area contributed by atoms with Gasteiger partial charge in [-0.15, -0.1) is 0 Å². The molecule has 3 aromatic rings. The number of likely N-dealkylation sites (tertiary alicyclic amines) is 1. The number of anilines is 1. The van der Waals surface area contributed by atoms with Crippen molar-refractivity contribution in [1.82, 2.24) is 24.8 Å². The van der Waals surface area contributed by atoms with Crippen molar-refractivity contribution < 1.29 is 31.9 Å². The monoisotopic (exact) mass is 604 g/mol. The molecule has 9 nitrogen and oxygen atoms in total. The van der Waals surface area contributed by atoms with Gasteiger partial charge in [-0.1, -0.05) is 12.1 Å². The molecule has 1 N–H and O–H groups in total. The van der Waals surface area contributed by atoms with E-state index in [-0.39, 0.29) is 22.8 Å². The lowest BCUT2D eigenvalue weighted by Gasteiger charge is -2.51. The summed E-state index contributed by atoms with van der Waals surface area (Å²) in [6.07, 6.45) is 1.93. The van der Waals surface area contributed by atoms with Gasteiger partial charge in [0.2, 0.25) is 0 Å². The molecule has 2 saturated heterocycles. The fraction of sp³-hybridized carbons (Fsp3) is 0.533. The Bertz CT molecular complexity index is 1510. The molecular formula is C30H36F4N6O3. The molecule has 2 fully saturated rings. The molecule has 2 aliphatic rings. The van der Waals surface area contributed by atoms with Crippen LogP contribution in [0.25, 0.3) is 5.65 Å². The van der Waals surface area contributed by atoms with Crippen molar-refractivity contribution >= 4 is 23.3 Å². The third-order valence-corrected chi connectivity index (χ3v) is 8.26. The van der Waals surface area contributed by atoms with Gasteiger partial charge in [0.05, 0.1) is 22.9 Å². The van der Waals surface area contributed by atoms with Gasteiger partial charge in [0.15, 0.2) is 5.65 Å². The molecular weight excluding hydrogens is 568 g/mol. The summed E-state index contributed by atoms with van der Waals surface area (Å²) >= 11 is 0. The molecule has 232 valence electrons. The summed E-state index contributed by atoms with van der Waals surface area (Å²) in [6.45, 7) is 8.83. The Hall–Kier alpha value is -3.90. The van der Waals surface area contributed by atoms with Gasteiger partial charge in [0.25, 0.3) is 5.91 Å². The van der Waals surface area contributed by atoms with Crippen LogP contribution in [-0.4, -0.2) is 62.3 Å². The second kappa shape index (κ2) is 11.3. The van der Waals surface area contributed by atoms with Crippen LogP contribution >= 0.6 is 0 Å². The van der Waals surface area contributed by atoms with Crippen LogP contribution in [0.2, 0.25) is 0 Å². The molecule has 5 rings (SSSR count). The van der Waals surface area contributed by atoms with E-state index < -0.39 is 35.1 Å². The molecule has 0 saturated carbocycles. The number of pyridine rings is 1. The van der Waals surface area contributed by atoms with Crippen molar-refractivity contribution in [2.45, 2.75) is 83.2 Å². The average Bonchev–Trinajstić information content (AvgIpc) is 3.40. The summed E-state index contributed by atoms with van der Waals surface area (Å²) in [5, 5.41) is 6.82. The third-order valence-electron chi connectivity index (χ3n) is 8.26. The number of carbonyl (C=O) groups excluding carboxylic acids is 2. The summed E-state index contributed by atoms with van der Waals surface area (Å²) < 4.78 is 61.6. The van der Waals surface area contributed by atoms with Crippen molar-refractivity contribution in [1.29, 1.82) is 0 Å². The molecule has 2 aliphatic heterocycles. The van der Waals surface area contributed by atoms with Gasteiger partial charge in [-0.25, -0.2) is 18.7 Å². The van der Waals surface area contributed by atoms with Gasteiger partial charge < -0.3 is 19.9 Å². The Morgan fingerprint density at radius 3 is 2.47 bits per heavy atom. The summed E-state index contributed by atoms with van der Waals surface area (Å²) in [4.78, 5) is 34.8. The van der Waals surface area contributed by atoms with Crippen LogP contribution in [0, 0.1) is 5.82 Å². The maximum Gasteiger partial charge on any atom is 0.419 e. The number of benzene rings is 1. The molecule has 13 heteroatoms. The zero-order chi connectivity index (χ0) is 31.2. The Morgan fingerprint density at radius 1 is 1.07 bits per heavy atom. The molecule has 2 amide bonds. The predicted molar refractivity (Wildman–Crippen MR) is 151 cm³/mol. The van der Waals surface area contributed by atoms with Crippen molar-refractivity contribution in [3.63, 3.8) is 0 Å². The minimum Gasteiger partial charge on any atom is -0.444 e. The number of rotatable bonds is 4. The standard InChI is InChI=1S/C30H36F4N6O3/c1-19(21-8-7-9-22(24(21)31)30(32,33)34)37-26(41)20-16-23(25-35-18-36-40(25)17-20)38-14-11-29(12-15-38)10-5-6-13-39(29)27(42)43-28(2,3)4/h7-9,16-19H,5-6,10-15H2,1-4H3,(H,37,41)/t19-/m1/s1. The molecule has 0 radical (unpaired) electrons. The van der Waals surface area contributed by atoms with Crippen LogP contribution in [0.1, 0.15) is 87.3 Å². The highest BCUT2D eigenvalue weighted by molar-refractivity contribution is 5.96. The first-order valence-electron chi connectivity index (χ1n) is 14.4. The highest BCUT2D eigenvalue weighted by Crippen LogP contribution is 2.40. The molecule has 4 heterocycles. The number of nitrogens with one attached hydrogen (secondary N) is 1. The van der Waals surface area contributed by atoms with E-state index in [0.717, 1.165) is 25.3 Å². The van der Waals surface area contributed by atoms with Gasteiger partial charge in [-0.05, 0) is 71.9 Å². The number of piperidine rings is 2. The SMILES string of the molecule is C[C@@H](NC(=O)c1cc(N2CCC3(CCCCN3C(=O)OC(C)(C)C)CC2)c2ncnn2c1)c1cccc(C(F)(F)F)c1F. The van der Waals surface area contributed by atoms with E-state index in [4.69, 9.17) is 4.74 Å². The third kappa shape index (κ3) is 6.25. The highest BCUT2D eigenvalue weighted by Gasteiger charge is 2.45. The number of hydrogen-bond donors (Lipinski definition) is 1. The van der Waals surface area contributed by atoms with Crippen LogP contribution < -0.4 is 10.2 Å². The van der Waals surface area contributed by atoms with E-state index in [2.05, 4.69) is 20.3 Å². The lowest BCUT2D eigenvalue weighted by Crippen LogP contribution is -2.60. The smallest absolute Gasteiger partial charge is 0.419 e. The van der Waals surface area contributed by atoms with Crippen molar-refractivity contribution in [2.75, 3.05) is 24.5 Å². The number of aromatic nitrogens is 3. The maximum atomic E-state index is 14.7. The molecule has 2 aromatic heterocycles. The minimum absolute atomic E-state index is 0.195. The summed E-state index contributed by atoms with van der Waals surface area (Å²) in [5.41, 5.74) is -1.17. The second-order valence-corrected chi connectivity index (χ2v) is 12.3. The number of nitrogens with zero attached hydrogens (tertiary/aromatic N) is 5. The maximum absolute atomic E-state index is 14.7. The number of ether oxygens (including phenoxy) is 1. The first kappa shape index (κ1) is 30.6. The second-order valence-electron chi connectivity index (χ2n) is 12.3. The van der Waals surface area contributed by atoms with Gasteiger partial charge in [0.1, 0.15) is 17.7 Å². The van der Waals surface area contributed by atoms with E-state index in [1.54, 1.807) is 6.07 Å². The van der Waals surface area contributed by atoms with Crippen LogP contribution in [0.15, 0.2) is 36.8 Å². The van der Waals surface area contributed by atoms with Crippen molar-refractivity contribution in [3.8, 4) is 0 Å². The van der Waals surface area contributed by atoms with Crippen LogP contribution in [-0.2, 0) is 10.9 Å². The quantitative estimate of drug-likeness (QED) is 0.360. The number of halogens is 4. The van der Waals surface area contributed by atoms with Crippen LogP contribution in [0.3, 0.4) is 0 Å². The fourth-order valence-electron chi connectivity index (χ4n) is 6.11. The Kier molecular flexibility index (Phi) is 8.03. The number of hydrogen-bond acceptors (Lipinski definition) is 6. The van der Waals surface area contributed by atoms with E-state index in [1.165, 1.54) is 30.0 Å². The van der Waals surface area contributed by atoms with Crippen LogP contribution in [0.5, 0.6) is 0 Å². The van der Waals surface area contributed by atoms with Crippen LogP contribution in [0.4, 0.5) is 28.0 Å². The molecule has 1 aromatic carbocycles. The normalized spacial score (nSPS) is 18.1. The molecule has 1 atom stereocenters. The summed E-state index contributed by atoms with van der Waals surface area (Å²) in [5.74, 6) is -2.01. The largest absolute Gasteiger partial charge is 0.444 e. The molecule has 0 bridgehead atoms. The number of amides is 2. The number of alkyl halides is 3.